The lowest BCUT2D eigenvalue weighted by atomic mass is 9.92. The number of hydrogen-bond donors (Lipinski definition) is 1. The molecule has 116 valence electrons. The number of hydrogen-bond acceptors (Lipinski definition) is 4. The van der Waals surface area contributed by atoms with Gasteiger partial charge in [-0.25, -0.2) is 0 Å². The lowest BCUT2D eigenvalue weighted by Crippen LogP contribution is -2.45. The molecule has 0 saturated heterocycles. The summed E-state index contributed by atoms with van der Waals surface area (Å²) in [6, 6.07) is 6.36. The molecule has 0 bridgehead atoms. The van der Waals surface area contributed by atoms with Gasteiger partial charge in [0, 0.05) is 0 Å². The van der Waals surface area contributed by atoms with Crippen molar-refractivity contribution in [2.75, 3.05) is 13.7 Å². The van der Waals surface area contributed by atoms with E-state index in [0.717, 1.165) is 18.6 Å². The average Bonchev–Trinajstić information content (AvgIpc) is 2.50. The first-order valence-corrected chi connectivity index (χ1v) is 7.65. The third-order valence-corrected chi connectivity index (χ3v) is 4.08. The number of methoxy groups -OCH3 is 1. The van der Waals surface area contributed by atoms with Gasteiger partial charge in [0.15, 0.2) is 0 Å². The highest BCUT2D eigenvalue weighted by molar-refractivity contribution is 5.79. The van der Waals surface area contributed by atoms with Gasteiger partial charge < -0.3 is 15.2 Å². The Morgan fingerprint density at radius 3 is 2.71 bits per heavy atom. The summed E-state index contributed by atoms with van der Waals surface area (Å²) in [6.07, 6.45) is 6.15. The zero-order valence-electron chi connectivity index (χ0n) is 13.0. The molecule has 1 atom stereocenters. The van der Waals surface area contributed by atoms with Crippen LogP contribution in [0.5, 0.6) is 5.75 Å². The standard InChI is InChI=1S/C17H25NO3/c1-17(18,16(19)20-2)10-5-11-21-15-9-8-13-6-3-4-7-14(13)12-15/h8-9,12H,3-7,10-11,18H2,1-2H3. The fourth-order valence-corrected chi connectivity index (χ4v) is 2.76. The molecule has 21 heavy (non-hydrogen) atoms. The fourth-order valence-electron chi connectivity index (χ4n) is 2.76. The molecule has 1 aromatic carbocycles. The van der Waals surface area contributed by atoms with Crippen molar-refractivity contribution in [1.82, 2.24) is 0 Å². The number of nitrogens with two attached hydrogens (primary N) is 1. The van der Waals surface area contributed by atoms with Crippen molar-refractivity contribution in [2.45, 2.75) is 51.0 Å². The van der Waals surface area contributed by atoms with Crippen LogP contribution in [-0.4, -0.2) is 25.2 Å². The molecule has 0 saturated carbocycles. The first kappa shape index (κ1) is 15.8. The Morgan fingerprint density at radius 2 is 2.00 bits per heavy atom. The second kappa shape index (κ2) is 6.94. The quantitative estimate of drug-likeness (QED) is 0.646. The molecule has 4 nitrogen and oxygen atoms in total. The van der Waals surface area contributed by atoms with E-state index in [9.17, 15) is 4.79 Å². The van der Waals surface area contributed by atoms with Crippen molar-refractivity contribution in [3.8, 4) is 5.75 Å². The highest BCUT2D eigenvalue weighted by Gasteiger charge is 2.28. The Morgan fingerprint density at radius 1 is 1.29 bits per heavy atom. The van der Waals surface area contributed by atoms with Crippen LogP contribution in [0.3, 0.4) is 0 Å². The molecule has 1 aliphatic rings. The monoisotopic (exact) mass is 291 g/mol. The highest BCUT2D eigenvalue weighted by atomic mass is 16.5. The lowest BCUT2D eigenvalue weighted by Gasteiger charge is -2.21. The molecule has 2 rings (SSSR count). The SMILES string of the molecule is COC(=O)C(C)(N)CCCOc1ccc2c(c1)CCCC2. The van der Waals surface area contributed by atoms with Gasteiger partial charge >= 0.3 is 5.97 Å². The average molecular weight is 291 g/mol. The van der Waals surface area contributed by atoms with Crippen LogP contribution in [0.4, 0.5) is 0 Å². The molecule has 0 aromatic heterocycles. The van der Waals surface area contributed by atoms with E-state index in [0.29, 0.717) is 13.0 Å². The number of rotatable bonds is 6. The van der Waals surface area contributed by atoms with E-state index in [1.54, 1.807) is 6.92 Å². The van der Waals surface area contributed by atoms with Crippen LogP contribution in [0.2, 0.25) is 0 Å². The van der Waals surface area contributed by atoms with Crippen LogP contribution in [0.15, 0.2) is 18.2 Å². The largest absolute Gasteiger partial charge is 0.494 e. The van der Waals surface area contributed by atoms with Gasteiger partial charge in [-0.2, -0.15) is 0 Å². The number of fused-ring (bicyclic) bond motifs is 1. The van der Waals surface area contributed by atoms with Gasteiger partial charge in [-0.3, -0.25) is 4.79 Å². The van der Waals surface area contributed by atoms with Crippen LogP contribution in [0.25, 0.3) is 0 Å². The summed E-state index contributed by atoms with van der Waals surface area (Å²) in [6.45, 7) is 2.25. The van der Waals surface area contributed by atoms with Gasteiger partial charge in [0.2, 0.25) is 0 Å². The number of carbonyl (C=O) groups is 1. The van der Waals surface area contributed by atoms with Crippen LogP contribution in [0, 0.1) is 0 Å². The number of carbonyl (C=O) groups excluding carboxylic acids is 1. The summed E-state index contributed by atoms with van der Waals surface area (Å²) in [5.74, 6) is 0.531. The Balaban J connectivity index is 1.80. The minimum Gasteiger partial charge on any atom is -0.494 e. The zero-order valence-corrected chi connectivity index (χ0v) is 13.0. The summed E-state index contributed by atoms with van der Waals surface area (Å²) >= 11 is 0. The Labute approximate surface area is 126 Å². The topological polar surface area (TPSA) is 61.5 Å². The van der Waals surface area contributed by atoms with Gasteiger partial charge in [0.1, 0.15) is 11.3 Å². The molecular weight excluding hydrogens is 266 g/mol. The van der Waals surface area contributed by atoms with Gasteiger partial charge in [-0.15, -0.1) is 0 Å². The van der Waals surface area contributed by atoms with Gasteiger partial charge in [-0.05, 0) is 68.7 Å². The molecule has 0 heterocycles. The van der Waals surface area contributed by atoms with Crippen molar-refractivity contribution in [3.63, 3.8) is 0 Å². The normalized spacial score (nSPS) is 16.7. The molecule has 4 heteroatoms. The predicted octanol–water partition coefficient (Wildman–Crippen LogP) is 2.61. The maximum atomic E-state index is 11.5. The molecule has 0 amide bonds. The third-order valence-electron chi connectivity index (χ3n) is 4.08. The summed E-state index contributed by atoms with van der Waals surface area (Å²) in [4.78, 5) is 11.5. The molecule has 0 radical (unpaired) electrons. The van der Waals surface area contributed by atoms with E-state index >= 15 is 0 Å². The number of ether oxygens (including phenoxy) is 2. The van der Waals surface area contributed by atoms with Crippen molar-refractivity contribution >= 4 is 5.97 Å². The first-order chi connectivity index (χ1) is 10.0. The van der Waals surface area contributed by atoms with Crippen molar-refractivity contribution in [3.05, 3.63) is 29.3 Å². The first-order valence-electron chi connectivity index (χ1n) is 7.65. The smallest absolute Gasteiger partial charge is 0.325 e. The molecule has 2 N–H and O–H groups in total. The van der Waals surface area contributed by atoms with E-state index in [2.05, 4.69) is 16.9 Å². The molecule has 1 unspecified atom stereocenters. The second-order valence-electron chi connectivity index (χ2n) is 6.00. The third kappa shape index (κ3) is 4.21. The van der Waals surface area contributed by atoms with Crippen molar-refractivity contribution in [2.24, 2.45) is 5.73 Å². The van der Waals surface area contributed by atoms with E-state index in [4.69, 9.17) is 10.5 Å². The number of esters is 1. The fraction of sp³-hybridized carbons (Fsp3) is 0.588. The highest BCUT2D eigenvalue weighted by Crippen LogP contribution is 2.25. The minimum absolute atomic E-state index is 0.378. The second-order valence-corrected chi connectivity index (χ2v) is 6.00. The van der Waals surface area contributed by atoms with Crippen LogP contribution >= 0.6 is 0 Å². The van der Waals surface area contributed by atoms with E-state index < -0.39 is 5.54 Å². The predicted molar refractivity (Wildman–Crippen MR) is 82.4 cm³/mol. The van der Waals surface area contributed by atoms with Crippen LogP contribution in [0.1, 0.15) is 43.7 Å². The molecule has 1 aliphatic carbocycles. The Bertz CT molecular complexity index is 497. The molecule has 1 aromatic rings. The summed E-state index contributed by atoms with van der Waals surface area (Å²) in [5, 5.41) is 0. The zero-order chi connectivity index (χ0) is 15.3. The number of aryl methyl sites for hydroxylation is 2. The van der Waals surface area contributed by atoms with E-state index in [1.165, 1.54) is 37.5 Å². The minimum atomic E-state index is -0.937. The van der Waals surface area contributed by atoms with E-state index in [1.807, 2.05) is 6.07 Å². The maximum absolute atomic E-state index is 11.5. The molecule has 0 aliphatic heterocycles. The summed E-state index contributed by atoms with van der Waals surface area (Å²) in [5.41, 5.74) is 7.84. The van der Waals surface area contributed by atoms with Gasteiger partial charge in [-0.1, -0.05) is 6.07 Å². The Hall–Kier alpha value is -1.55. The summed E-state index contributed by atoms with van der Waals surface area (Å²) < 4.78 is 10.5. The lowest BCUT2D eigenvalue weighted by molar-refractivity contribution is -0.146. The molecule has 0 spiro atoms. The Kier molecular flexibility index (Phi) is 5.23. The van der Waals surface area contributed by atoms with Crippen LogP contribution < -0.4 is 10.5 Å². The summed E-state index contributed by atoms with van der Waals surface area (Å²) in [7, 11) is 1.36. The van der Waals surface area contributed by atoms with E-state index in [-0.39, 0.29) is 5.97 Å². The van der Waals surface area contributed by atoms with Gasteiger partial charge in [0.25, 0.3) is 0 Å². The maximum Gasteiger partial charge on any atom is 0.325 e. The van der Waals surface area contributed by atoms with Gasteiger partial charge in [0.05, 0.1) is 13.7 Å². The van der Waals surface area contributed by atoms with Crippen LogP contribution in [-0.2, 0) is 22.4 Å². The number of benzene rings is 1. The molecule has 0 fully saturated rings. The van der Waals surface area contributed by atoms with Crippen molar-refractivity contribution in [1.29, 1.82) is 0 Å². The molecular formula is C17H25NO3. The van der Waals surface area contributed by atoms with Crippen molar-refractivity contribution < 1.29 is 14.3 Å².